The Kier molecular flexibility index (Phi) is 5.08. The van der Waals surface area contributed by atoms with E-state index in [0.29, 0.717) is 12.5 Å². The molecule has 0 aromatic heterocycles. The van der Waals surface area contributed by atoms with Gasteiger partial charge in [0.1, 0.15) is 0 Å². The molecule has 1 N–H and O–H groups in total. The van der Waals surface area contributed by atoms with E-state index in [0.717, 1.165) is 30.4 Å². The highest BCUT2D eigenvalue weighted by molar-refractivity contribution is 7.99. The smallest absolute Gasteiger partial charge is 0.384 e. The van der Waals surface area contributed by atoms with Gasteiger partial charge in [0.2, 0.25) is 0 Å². The second-order valence-electron chi connectivity index (χ2n) is 4.88. The lowest BCUT2D eigenvalue weighted by molar-refractivity contribution is -0.0435. The molecule has 0 unspecified atom stereocenters. The molecule has 0 saturated carbocycles. The molecule has 8 heteroatoms. The van der Waals surface area contributed by atoms with Crippen molar-refractivity contribution in [1.29, 1.82) is 0 Å². The lowest BCUT2D eigenvalue weighted by Gasteiger charge is -2.23. The van der Waals surface area contributed by atoms with E-state index in [-0.39, 0.29) is 5.69 Å². The largest absolute Gasteiger partial charge is 0.501 e. The Labute approximate surface area is 126 Å². The predicted molar refractivity (Wildman–Crippen MR) is 78.2 cm³/mol. The average molecular weight is 339 g/mol. The van der Waals surface area contributed by atoms with Crippen LogP contribution in [0.2, 0.25) is 0 Å². The number of thioether (sulfide) groups is 1. The minimum Gasteiger partial charge on any atom is -0.384 e. The Hall–Kier alpha value is -0.890. The number of hydrogen-bond donors (Lipinski definition) is 1. The molecule has 0 radical (unpaired) electrons. The maximum atomic E-state index is 12.7. The van der Waals surface area contributed by atoms with Crippen LogP contribution in [0.25, 0.3) is 0 Å². The predicted octanol–water partition coefficient (Wildman–Crippen LogP) is 3.54. The first-order chi connectivity index (χ1) is 9.82. The molecule has 0 aliphatic carbocycles. The summed E-state index contributed by atoms with van der Waals surface area (Å²) < 4.78 is 61.1. The number of hydrogen-bond acceptors (Lipinski definition) is 4. The summed E-state index contributed by atoms with van der Waals surface area (Å²) in [7, 11) is -5.33. The minimum atomic E-state index is -5.33. The first-order valence-corrected chi connectivity index (χ1v) is 9.18. The van der Waals surface area contributed by atoms with E-state index >= 15 is 0 Å². The number of benzene rings is 1. The molecular weight excluding hydrogens is 323 g/mol. The number of rotatable bonds is 4. The standard InChI is InChI=1S/C13H16F3NO2S2/c14-13(15,16)21(18,19)12-4-2-1-3-11(12)17-9-10-5-7-20-8-6-10/h1-4,10,17H,5-9H2. The maximum absolute atomic E-state index is 12.7. The van der Waals surface area contributed by atoms with Crippen molar-refractivity contribution in [2.75, 3.05) is 23.4 Å². The van der Waals surface area contributed by atoms with Gasteiger partial charge in [0.25, 0.3) is 9.84 Å². The van der Waals surface area contributed by atoms with Crippen LogP contribution in [0, 0.1) is 5.92 Å². The van der Waals surface area contributed by atoms with Crippen molar-refractivity contribution in [3.8, 4) is 0 Å². The summed E-state index contributed by atoms with van der Waals surface area (Å²) in [4.78, 5) is -0.706. The third-order valence-electron chi connectivity index (χ3n) is 3.40. The summed E-state index contributed by atoms with van der Waals surface area (Å²) >= 11 is 1.86. The Balaban J connectivity index is 2.17. The maximum Gasteiger partial charge on any atom is 0.501 e. The van der Waals surface area contributed by atoms with E-state index in [1.54, 1.807) is 0 Å². The van der Waals surface area contributed by atoms with Gasteiger partial charge < -0.3 is 5.32 Å². The van der Waals surface area contributed by atoms with Crippen LogP contribution in [0.3, 0.4) is 0 Å². The minimum absolute atomic E-state index is 0.0213. The molecular formula is C13H16F3NO2S2. The molecule has 1 aromatic carbocycles. The molecule has 1 saturated heterocycles. The second-order valence-corrected chi connectivity index (χ2v) is 8.02. The molecule has 118 valence electrons. The van der Waals surface area contributed by atoms with Crippen LogP contribution in [0.1, 0.15) is 12.8 Å². The lowest BCUT2D eigenvalue weighted by Crippen LogP contribution is -2.25. The molecule has 1 aliphatic rings. The van der Waals surface area contributed by atoms with Gasteiger partial charge in [0, 0.05) is 6.54 Å². The molecule has 0 spiro atoms. The quantitative estimate of drug-likeness (QED) is 0.911. The van der Waals surface area contributed by atoms with E-state index in [9.17, 15) is 21.6 Å². The second kappa shape index (κ2) is 6.48. The molecule has 1 fully saturated rings. The van der Waals surface area contributed by atoms with Gasteiger partial charge in [-0.15, -0.1) is 0 Å². The number of halogens is 3. The van der Waals surface area contributed by atoms with Crippen LogP contribution in [0.4, 0.5) is 18.9 Å². The Bertz CT molecular complexity index is 581. The van der Waals surface area contributed by atoms with Crippen molar-refractivity contribution in [3.63, 3.8) is 0 Å². The summed E-state index contributed by atoms with van der Waals surface area (Å²) in [5, 5.41) is 2.87. The summed E-state index contributed by atoms with van der Waals surface area (Å²) in [6, 6.07) is 5.17. The molecule has 1 aliphatic heterocycles. The fourth-order valence-corrected chi connectivity index (χ4v) is 4.32. The number of anilines is 1. The van der Waals surface area contributed by atoms with Gasteiger partial charge in [-0.1, -0.05) is 12.1 Å². The zero-order valence-corrected chi connectivity index (χ0v) is 12.8. The topological polar surface area (TPSA) is 46.2 Å². The fourth-order valence-electron chi connectivity index (χ4n) is 2.18. The highest BCUT2D eigenvalue weighted by Gasteiger charge is 2.47. The van der Waals surface area contributed by atoms with Gasteiger partial charge in [-0.3, -0.25) is 0 Å². The highest BCUT2D eigenvalue weighted by Crippen LogP contribution is 2.34. The number of alkyl halides is 3. The van der Waals surface area contributed by atoms with Crippen molar-refractivity contribution >= 4 is 27.3 Å². The van der Waals surface area contributed by atoms with Crippen LogP contribution in [0.5, 0.6) is 0 Å². The van der Waals surface area contributed by atoms with Gasteiger partial charge in [-0.2, -0.15) is 24.9 Å². The molecule has 0 bridgehead atoms. The highest BCUT2D eigenvalue weighted by atomic mass is 32.2. The number of para-hydroxylation sites is 1. The Morgan fingerprint density at radius 3 is 2.43 bits per heavy atom. The van der Waals surface area contributed by atoms with Crippen LogP contribution in [0.15, 0.2) is 29.2 Å². The zero-order valence-electron chi connectivity index (χ0n) is 11.2. The summed E-state index contributed by atoms with van der Waals surface area (Å²) in [6.07, 6.45) is 1.98. The molecule has 3 nitrogen and oxygen atoms in total. The normalized spacial score (nSPS) is 17.7. The lowest BCUT2D eigenvalue weighted by atomic mass is 10.0. The SMILES string of the molecule is O=S(=O)(c1ccccc1NCC1CCSCC1)C(F)(F)F. The fraction of sp³-hybridized carbons (Fsp3) is 0.538. The van der Waals surface area contributed by atoms with Crippen LogP contribution in [-0.2, 0) is 9.84 Å². The van der Waals surface area contributed by atoms with E-state index in [4.69, 9.17) is 0 Å². The third-order valence-corrected chi connectivity index (χ3v) is 6.00. The molecule has 2 rings (SSSR count). The first kappa shape index (κ1) is 16.5. The monoisotopic (exact) mass is 339 g/mol. The van der Waals surface area contributed by atoms with Gasteiger partial charge >= 0.3 is 5.51 Å². The Morgan fingerprint density at radius 1 is 1.19 bits per heavy atom. The van der Waals surface area contributed by atoms with Gasteiger partial charge in [-0.25, -0.2) is 8.42 Å². The number of sulfone groups is 1. The summed E-state index contributed by atoms with van der Waals surface area (Å²) in [5.74, 6) is 2.44. The molecule has 0 amide bonds. The molecule has 1 heterocycles. The number of nitrogens with one attached hydrogen (secondary N) is 1. The first-order valence-electron chi connectivity index (χ1n) is 6.54. The van der Waals surface area contributed by atoms with Crippen molar-refractivity contribution < 1.29 is 21.6 Å². The van der Waals surface area contributed by atoms with Crippen molar-refractivity contribution in [2.45, 2.75) is 23.2 Å². The molecule has 1 aromatic rings. The Morgan fingerprint density at radius 2 is 1.81 bits per heavy atom. The summed E-state index contributed by atoms with van der Waals surface area (Å²) in [5.41, 5.74) is -5.26. The van der Waals surface area contributed by atoms with Gasteiger partial charge in [0.05, 0.1) is 10.6 Å². The summed E-state index contributed by atoms with van der Waals surface area (Å²) in [6.45, 7) is 0.491. The van der Waals surface area contributed by atoms with Crippen molar-refractivity contribution in [2.24, 2.45) is 5.92 Å². The van der Waals surface area contributed by atoms with E-state index in [1.807, 2.05) is 11.8 Å². The van der Waals surface area contributed by atoms with Gasteiger partial charge in [0.15, 0.2) is 0 Å². The third kappa shape index (κ3) is 3.85. The van der Waals surface area contributed by atoms with Crippen LogP contribution < -0.4 is 5.32 Å². The van der Waals surface area contributed by atoms with Crippen LogP contribution >= 0.6 is 11.8 Å². The van der Waals surface area contributed by atoms with Crippen molar-refractivity contribution in [3.05, 3.63) is 24.3 Å². The van der Waals surface area contributed by atoms with E-state index in [1.165, 1.54) is 18.2 Å². The van der Waals surface area contributed by atoms with E-state index < -0.39 is 20.2 Å². The van der Waals surface area contributed by atoms with Crippen LogP contribution in [-0.4, -0.2) is 32.0 Å². The van der Waals surface area contributed by atoms with Crippen molar-refractivity contribution in [1.82, 2.24) is 0 Å². The van der Waals surface area contributed by atoms with E-state index in [2.05, 4.69) is 5.32 Å². The van der Waals surface area contributed by atoms with Gasteiger partial charge in [-0.05, 0) is 42.4 Å². The molecule has 21 heavy (non-hydrogen) atoms. The molecule has 0 atom stereocenters. The zero-order chi connectivity index (χ0) is 15.5. The average Bonchev–Trinajstić information content (AvgIpc) is 2.45.